The Morgan fingerprint density at radius 1 is 1.19 bits per heavy atom. The number of ether oxygens (including phenoxy) is 1. The molecule has 0 spiro atoms. The van der Waals surface area contributed by atoms with Crippen LogP contribution in [0.1, 0.15) is 25.8 Å². The van der Waals surface area contributed by atoms with Gasteiger partial charge in [0, 0.05) is 13.2 Å². The van der Waals surface area contributed by atoms with Gasteiger partial charge in [0.1, 0.15) is 0 Å². The molecule has 1 rings (SSSR count). The van der Waals surface area contributed by atoms with Crippen molar-refractivity contribution in [3.63, 3.8) is 0 Å². The average molecular weight is 314 g/mol. The van der Waals surface area contributed by atoms with Crippen LogP contribution in [-0.4, -0.2) is 41.3 Å². The van der Waals surface area contributed by atoms with E-state index in [9.17, 15) is 8.42 Å². The highest BCUT2D eigenvalue weighted by atomic mass is 32.2. The minimum Gasteiger partial charge on any atom is -0.383 e. The Kier molecular flexibility index (Phi) is 7.88. The molecule has 1 aromatic rings. The topological polar surface area (TPSA) is 67.4 Å². The molecule has 0 radical (unpaired) electrons. The molecule has 21 heavy (non-hydrogen) atoms. The fraction of sp³-hybridized carbons (Fsp3) is 0.600. The molecule has 0 fully saturated rings. The second-order valence-electron chi connectivity index (χ2n) is 5.12. The van der Waals surface area contributed by atoms with Gasteiger partial charge in [0.25, 0.3) is 0 Å². The standard InChI is InChI=1S/C15H26N2O3S/c1-4-10-16-11-9-14-5-7-15(8-6-14)21(18,19)17-13(2)12-20-3/h5-8,13,16-17H,4,9-12H2,1-3H3. The van der Waals surface area contributed by atoms with Gasteiger partial charge in [-0.25, -0.2) is 13.1 Å². The van der Waals surface area contributed by atoms with Crippen molar-refractivity contribution in [2.45, 2.75) is 37.6 Å². The van der Waals surface area contributed by atoms with Crippen LogP contribution in [0.2, 0.25) is 0 Å². The van der Waals surface area contributed by atoms with E-state index in [4.69, 9.17) is 4.74 Å². The zero-order valence-electron chi connectivity index (χ0n) is 13.1. The van der Waals surface area contributed by atoms with E-state index in [0.717, 1.165) is 31.5 Å². The predicted octanol–water partition coefficient (Wildman–Crippen LogP) is 1.54. The molecule has 0 amide bonds. The summed E-state index contributed by atoms with van der Waals surface area (Å²) in [7, 11) is -1.93. The molecule has 0 aromatic heterocycles. The normalized spacial score (nSPS) is 13.3. The van der Waals surface area contributed by atoms with Crippen molar-refractivity contribution in [3.05, 3.63) is 29.8 Å². The molecule has 6 heteroatoms. The van der Waals surface area contributed by atoms with E-state index < -0.39 is 10.0 Å². The van der Waals surface area contributed by atoms with Crippen molar-refractivity contribution in [3.8, 4) is 0 Å². The molecule has 0 aliphatic heterocycles. The quantitative estimate of drug-likeness (QED) is 0.643. The molecule has 5 nitrogen and oxygen atoms in total. The lowest BCUT2D eigenvalue weighted by Crippen LogP contribution is -2.35. The Labute approximate surface area is 128 Å². The van der Waals surface area contributed by atoms with E-state index in [1.54, 1.807) is 26.2 Å². The van der Waals surface area contributed by atoms with E-state index in [0.29, 0.717) is 6.61 Å². The van der Waals surface area contributed by atoms with E-state index >= 15 is 0 Å². The summed E-state index contributed by atoms with van der Waals surface area (Å²) in [6.07, 6.45) is 2.01. The second-order valence-corrected chi connectivity index (χ2v) is 6.84. The van der Waals surface area contributed by atoms with Crippen LogP contribution in [0.5, 0.6) is 0 Å². The Hall–Kier alpha value is -0.950. The van der Waals surface area contributed by atoms with Gasteiger partial charge in [0.05, 0.1) is 11.5 Å². The Morgan fingerprint density at radius 3 is 2.43 bits per heavy atom. The summed E-state index contributed by atoms with van der Waals surface area (Å²) in [6, 6.07) is 6.78. The predicted molar refractivity (Wildman–Crippen MR) is 85.0 cm³/mol. The van der Waals surface area contributed by atoms with Crippen LogP contribution in [0.3, 0.4) is 0 Å². The number of methoxy groups -OCH3 is 1. The van der Waals surface area contributed by atoms with Gasteiger partial charge in [-0.15, -0.1) is 0 Å². The largest absolute Gasteiger partial charge is 0.383 e. The monoisotopic (exact) mass is 314 g/mol. The van der Waals surface area contributed by atoms with E-state index in [2.05, 4.69) is 17.0 Å². The van der Waals surface area contributed by atoms with Gasteiger partial charge in [0.2, 0.25) is 10.0 Å². The second kappa shape index (κ2) is 9.15. The highest BCUT2D eigenvalue weighted by Crippen LogP contribution is 2.11. The number of hydrogen-bond acceptors (Lipinski definition) is 4. The summed E-state index contributed by atoms with van der Waals surface area (Å²) in [5, 5.41) is 3.32. The molecule has 0 heterocycles. The molecule has 0 saturated heterocycles. The molecule has 120 valence electrons. The smallest absolute Gasteiger partial charge is 0.240 e. The van der Waals surface area contributed by atoms with Crippen molar-refractivity contribution in [2.75, 3.05) is 26.8 Å². The summed E-state index contributed by atoms with van der Waals surface area (Å²) in [6.45, 7) is 6.16. The van der Waals surface area contributed by atoms with Gasteiger partial charge in [-0.1, -0.05) is 19.1 Å². The third-order valence-electron chi connectivity index (χ3n) is 3.02. The first-order chi connectivity index (χ1) is 9.99. The summed E-state index contributed by atoms with van der Waals surface area (Å²) >= 11 is 0. The fourth-order valence-corrected chi connectivity index (χ4v) is 3.21. The molecule has 1 atom stereocenters. The Balaban J connectivity index is 2.59. The number of benzene rings is 1. The number of rotatable bonds is 10. The maximum Gasteiger partial charge on any atom is 0.240 e. The van der Waals surface area contributed by atoms with Crippen LogP contribution in [0.15, 0.2) is 29.2 Å². The van der Waals surface area contributed by atoms with Gasteiger partial charge < -0.3 is 10.1 Å². The maximum atomic E-state index is 12.1. The van der Waals surface area contributed by atoms with Gasteiger partial charge in [-0.05, 0) is 50.6 Å². The van der Waals surface area contributed by atoms with Crippen molar-refractivity contribution in [1.29, 1.82) is 0 Å². The van der Waals surface area contributed by atoms with Crippen LogP contribution < -0.4 is 10.0 Å². The summed E-state index contributed by atoms with van der Waals surface area (Å²) < 4.78 is 31.8. The number of nitrogens with one attached hydrogen (secondary N) is 2. The molecule has 0 aliphatic carbocycles. The van der Waals surface area contributed by atoms with Crippen molar-refractivity contribution in [1.82, 2.24) is 10.0 Å². The first kappa shape index (κ1) is 18.1. The number of sulfonamides is 1. The zero-order valence-corrected chi connectivity index (χ0v) is 13.9. The first-order valence-corrected chi connectivity index (χ1v) is 8.79. The molecular formula is C15H26N2O3S. The lowest BCUT2D eigenvalue weighted by atomic mass is 10.1. The minimum absolute atomic E-state index is 0.252. The lowest BCUT2D eigenvalue weighted by Gasteiger charge is -2.13. The van der Waals surface area contributed by atoms with E-state index in [1.807, 2.05) is 12.1 Å². The molecule has 1 unspecified atom stereocenters. The third-order valence-corrected chi connectivity index (χ3v) is 4.63. The van der Waals surface area contributed by atoms with Gasteiger partial charge >= 0.3 is 0 Å². The Morgan fingerprint density at radius 2 is 1.86 bits per heavy atom. The lowest BCUT2D eigenvalue weighted by molar-refractivity contribution is 0.180. The van der Waals surface area contributed by atoms with Crippen LogP contribution >= 0.6 is 0 Å². The van der Waals surface area contributed by atoms with E-state index in [-0.39, 0.29) is 10.9 Å². The van der Waals surface area contributed by atoms with Crippen molar-refractivity contribution >= 4 is 10.0 Å². The molecule has 1 aromatic carbocycles. The van der Waals surface area contributed by atoms with Crippen LogP contribution in [0.4, 0.5) is 0 Å². The molecule has 0 aliphatic rings. The van der Waals surface area contributed by atoms with E-state index in [1.165, 1.54) is 0 Å². The zero-order chi connectivity index (χ0) is 15.7. The molecule has 0 saturated carbocycles. The van der Waals surface area contributed by atoms with Gasteiger partial charge in [-0.3, -0.25) is 0 Å². The summed E-state index contributed by atoms with van der Waals surface area (Å²) in [5.41, 5.74) is 1.13. The summed E-state index contributed by atoms with van der Waals surface area (Å²) in [5.74, 6) is 0. The van der Waals surface area contributed by atoms with Crippen LogP contribution in [-0.2, 0) is 21.2 Å². The Bertz CT molecular complexity index is 500. The van der Waals surface area contributed by atoms with Crippen molar-refractivity contribution < 1.29 is 13.2 Å². The highest BCUT2D eigenvalue weighted by Gasteiger charge is 2.16. The summed E-state index contributed by atoms with van der Waals surface area (Å²) in [4.78, 5) is 0.288. The van der Waals surface area contributed by atoms with Crippen LogP contribution in [0, 0.1) is 0 Å². The SMILES string of the molecule is CCCNCCc1ccc(S(=O)(=O)NC(C)COC)cc1. The maximum absolute atomic E-state index is 12.1. The highest BCUT2D eigenvalue weighted by molar-refractivity contribution is 7.89. The average Bonchev–Trinajstić information content (AvgIpc) is 2.44. The van der Waals surface area contributed by atoms with Gasteiger partial charge in [-0.2, -0.15) is 0 Å². The molecular weight excluding hydrogens is 288 g/mol. The third kappa shape index (κ3) is 6.56. The molecule has 0 bridgehead atoms. The first-order valence-electron chi connectivity index (χ1n) is 7.30. The fourth-order valence-electron chi connectivity index (χ4n) is 1.99. The van der Waals surface area contributed by atoms with Crippen molar-refractivity contribution in [2.24, 2.45) is 0 Å². The van der Waals surface area contributed by atoms with Crippen LogP contribution in [0.25, 0.3) is 0 Å². The van der Waals surface area contributed by atoms with Gasteiger partial charge in [0.15, 0.2) is 0 Å². The minimum atomic E-state index is -3.47. The molecule has 2 N–H and O–H groups in total. The number of hydrogen-bond donors (Lipinski definition) is 2.